The van der Waals surface area contributed by atoms with Crippen LogP contribution in [0.4, 0.5) is 0 Å². The summed E-state index contributed by atoms with van der Waals surface area (Å²) in [4.78, 5) is 0. The molecule has 0 unspecified atom stereocenters. The molecule has 2 rings (SSSR count). The first-order chi connectivity index (χ1) is 8.64. The minimum absolute atomic E-state index is 0.0239. The second kappa shape index (κ2) is 5.22. The molecule has 0 saturated carbocycles. The summed E-state index contributed by atoms with van der Waals surface area (Å²) in [7, 11) is -4.71. The first-order valence-electron chi connectivity index (χ1n) is 6.28. The van der Waals surface area contributed by atoms with Gasteiger partial charge in [0.25, 0.3) is 0 Å². The van der Waals surface area contributed by atoms with Crippen LogP contribution in [-0.4, -0.2) is 26.4 Å². The molecule has 7 heteroatoms. The molecular weight excluding hydrogens is 286 g/mol. The van der Waals surface area contributed by atoms with Gasteiger partial charge in [0.1, 0.15) is 5.06 Å². The highest BCUT2D eigenvalue weighted by molar-refractivity contribution is 7.76. The molecule has 2 aliphatic rings. The molecule has 2 heterocycles. The molecule has 0 atom stereocenters. The van der Waals surface area contributed by atoms with E-state index in [1.807, 2.05) is 13.8 Å². The molecule has 0 aromatic rings. The van der Waals surface area contributed by atoms with E-state index in [2.05, 4.69) is 20.4 Å². The Hall–Kier alpha value is 0.240. The van der Waals surface area contributed by atoms with Crippen LogP contribution in [0, 0.1) is 10.8 Å². The summed E-state index contributed by atoms with van der Waals surface area (Å²) in [5.74, 6) is 0. The average molecular weight is 308 g/mol. The van der Waals surface area contributed by atoms with Crippen LogP contribution in [-0.2, 0) is 22.7 Å². The highest BCUT2D eigenvalue weighted by atomic mass is 31.2. The van der Waals surface area contributed by atoms with Crippen LogP contribution in [0.15, 0.2) is 11.6 Å². The van der Waals surface area contributed by atoms with Crippen molar-refractivity contribution in [2.45, 2.75) is 27.7 Å². The van der Waals surface area contributed by atoms with E-state index in [-0.39, 0.29) is 10.8 Å². The molecule has 110 valence electrons. The Morgan fingerprint density at radius 2 is 1.42 bits per heavy atom. The van der Waals surface area contributed by atoms with Crippen molar-refractivity contribution in [2.24, 2.45) is 10.8 Å². The summed E-state index contributed by atoms with van der Waals surface area (Å²) >= 11 is 0. The van der Waals surface area contributed by atoms with Crippen LogP contribution in [0.25, 0.3) is 0 Å². The number of rotatable bonds is 2. The molecule has 0 aliphatic carbocycles. The molecular formula is C12H22O5P2. The molecule has 0 aromatic carbocycles. The third kappa shape index (κ3) is 3.66. The predicted molar refractivity (Wildman–Crippen MR) is 75.0 cm³/mol. The van der Waals surface area contributed by atoms with E-state index >= 15 is 0 Å². The molecule has 2 fully saturated rings. The van der Waals surface area contributed by atoms with Gasteiger partial charge in [-0.2, -0.15) is 0 Å². The Morgan fingerprint density at radius 3 is 1.89 bits per heavy atom. The Labute approximate surface area is 116 Å². The molecule has 2 saturated heterocycles. The molecule has 5 nitrogen and oxygen atoms in total. The molecule has 0 spiro atoms. The Kier molecular flexibility index (Phi) is 4.29. The van der Waals surface area contributed by atoms with Crippen LogP contribution in [0.1, 0.15) is 27.7 Å². The predicted octanol–water partition coefficient (Wildman–Crippen LogP) is 4.11. The summed E-state index contributed by atoms with van der Waals surface area (Å²) in [6, 6.07) is 0. The first kappa shape index (κ1) is 15.6. The lowest BCUT2D eigenvalue weighted by Gasteiger charge is -2.38. The molecule has 2 aliphatic heterocycles. The lowest BCUT2D eigenvalue weighted by atomic mass is 9.97. The summed E-state index contributed by atoms with van der Waals surface area (Å²) in [5, 5.41) is 0.327. The molecule has 0 bridgehead atoms. The molecule has 0 amide bonds. The van der Waals surface area contributed by atoms with Crippen molar-refractivity contribution in [3.8, 4) is 0 Å². The summed E-state index contributed by atoms with van der Waals surface area (Å²) in [6.45, 7) is 13.8. The zero-order valence-corrected chi connectivity index (χ0v) is 13.8. The Morgan fingerprint density at radius 1 is 1.00 bits per heavy atom. The minimum Gasteiger partial charge on any atom is -0.330 e. The third-order valence-electron chi connectivity index (χ3n) is 2.92. The van der Waals surface area contributed by atoms with Gasteiger partial charge in [-0.05, 0) is 0 Å². The second-order valence-electron chi connectivity index (χ2n) is 6.59. The van der Waals surface area contributed by atoms with Crippen LogP contribution in [0.3, 0.4) is 0 Å². The van der Waals surface area contributed by atoms with E-state index in [4.69, 9.17) is 18.1 Å². The van der Waals surface area contributed by atoms with Crippen LogP contribution >= 0.6 is 16.0 Å². The van der Waals surface area contributed by atoms with Gasteiger partial charge in [0.05, 0.1) is 26.4 Å². The Bertz CT molecular complexity index is 394. The SMILES string of the molecule is C=C(P1OCC(C)(C)CO1)P1(=O)OCC(C)(C)CO1. The van der Waals surface area contributed by atoms with Gasteiger partial charge in [0, 0.05) is 10.8 Å². The lowest BCUT2D eigenvalue weighted by Crippen LogP contribution is -2.31. The highest BCUT2D eigenvalue weighted by Gasteiger charge is 2.44. The minimum atomic E-state index is -3.31. The zero-order valence-electron chi connectivity index (χ0n) is 12.0. The quantitative estimate of drug-likeness (QED) is 0.719. The average Bonchev–Trinajstić information content (AvgIpc) is 2.33. The van der Waals surface area contributed by atoms with Gasteiger partial charge in [-0.3, -0.25) is 4.57 Å². The largest absolute Gasteiger partial charge is 0.365 e. The van der Waals surface area contributed by atoms with Crippen LogP contribution < -0.4 is 0 Å². The third-order valence-corrected chi connectivity index (χ3v) is 6.87. The normalized spacial score (nSPS) is 29.9. The van der Waals surface area contributed by atoms with E-state index in [1.54, 1.807) is 0 Å². The summed E-state index contributed by atoms with van der Waals surface area (Å²) in [6.07, 6.45) is 0. The van der Waals surface area contributed by atoms with E-state index in [0.717, 1.165) is 0 Å². The van der Waals surface area contributed by atoms with Gasteiger partial charge in [0.2, 0.25) is 8.38 Å². The number of hydrogen-bond acceptors (Lipinski definition) is 5. The van der Waals surface area contributed by atoms with Gasteiger partial charge in [-0.25, -0.2) is 0 Å². The molecule has 19 heavy (non-hydrogen) atoms. The zero-order chi connectivity index (χ0) is 14.3. The van der Waals surface area contributed by atoms with Crippen LogP contribution in [0.2, 0.25) is 0 Å². The van der Waals surface area contributed by atoms with Crippen molar-refractivity contribution in [2.75, 3.05) is 26.4 Å². The lowest BCUT2D eigenvalue weighted by molar-refractivity contribution is 0.0429. The van der Waals surface area contributed by atoms with E-state index in [9.17, 15) is 4.57 Å². The summed E-state index contributed by atoms with van der Waals surface area (Å²) < 4.78 is 34.7. The second-order valence-corrected chi connectivity index (χ2v) is 10.6. The standard InChI is InChI=1S/C12H22O5P2/c1-10(18-14-6-11(2,3)7-15-18)19(13)16-8-12(4,5)9-17-19/h1,6-9H2,2-5H3. The van der Waals surface area contributed by atoms with Gasteiger partial charge in [-0.1, -0.05) is 34.3 Å². The van der Waals surface area contributed by atoms with Crippen molar-refractivity contribution < 1.29 is 22.7 Å². The maximum Gasteiger partial charge on any atom is 0.365 e. The maximum atomic E-state index is 12.6. The monoisotopic (exact) mass is 308 g/mol. The molecule has 0 aromatic heterocycles. The fraction of sp³-hybridized carbons (Fsp3) is 0.833. The maximum absolute atomic E-state index is 12.6. The number of hydrogen-bond donors (Lipinski definition) is 0. The topological polar surface area (TPSA) is 54.0 Å². The van der Waals surface area contributed by atoms with Crippen LogP contribution in [0.5, 0.6) is 0 Å². The summed E-state index contributed by atoms with van der Waals surface area (Å²) in [5.41, 5.74) is -0.151. The van der Waals surface area contributed by atoms with Gasteiger partial charge >= 0.3 is 7.60 Å². The van der Waals surface area contributed by atoms with Crippen molar-refractivity contribution in [3.63, 3.8) is 0 Å². The first-order valence-corrected chi connectivity index (χ1v) is 9.00. The van der Waals surface area contributed by atoms with Crippen molar-refractivity contribution >= 4 is 16.0 Å². The van der Waals surface area contributed by atoms with Gasteiger partial charge in [0.15, 0.2) is 0 Å². The van der Waals surface area contributed by atoms with Crippen molar-refractivity contribution in [1.82, 2.24) is 0 Å². The van der Waals surface area contributed by atoms with Gasteiger partial charge in [-0.15, -0.1) is 0 Å². The van der Waals surface area contributed by atoms with Crippen molar-refractivity contribution in [3.05, 3.63) is 11.6 Å². The highest BCUT2D eigenvalue weighted by Crippen LogP contribution is 2.71. The fourth-order valence-corrected chi connectivity index (χ4v) is 5.75. The van der Waals surface area contributed by atoms with E-state index in [0.29, 0.717) is 31.5 Å². The van der Waals surface area contributed by atoms with Crippen molar-refractivity contribution in [1.29, 1.82) is 0 Å². The molecule has 0 N–H and O–H groups in total. The van der Waals surface area contributed by atoms with E-state index in [1.165, 1.54) is 0 Å². The van der Waals surface area contributed by atoms with Gasteiger partial charge < -0.3 is 18.1 Å². The molecule has 0 radical (unpaired) electrons. The smallest absolute Gasteiger partial charge is 0.330 e. The van der Waals surface area contributed by atoms with E-state index < -0.39 is 16.0 Å². The Balaban J connectivity index is 1.99. The fourth-order valence-electron chi connectivity index (χ4n) is 1.54.